The zero-order valence-electron chi connectivity index (χ0n) is 54.6. The number of anilines is 6. The molecule has 0 atom stereocenters. The Balaban J connectivity index is 0.000000196. The van der Waals surface area contributed by atoms with Crippen molar-refractivity contribution < 1.29 is 38.5 Å². The summed E-state index contributed by atoms with van der Waals surface area (Å²) in [6, 6.07) is 57.8. The number of aryl methyl sites for hydroxylation is 4. The highest BCUT2D eigenvalue weighted by Crippen LogP contribution is 2.51. The first-order chi connectivity index (χ1) is 44.6. The number of rotatable bonds is 14. The number of hydrogen-bond acceptors (Lipinski definition) is 10. The van der Waals surface area contributed by atoms with Gasteiger partial charge >= 0.3 is 0 Å². The second-order valence-electron chi connectivity index (χ2n) is 24.5. The molecule has 0 bridgehead atoms. The maximum absolute atomic E-state index is 14.0. The Morgan fingerprint density at radius 3 is 1.15 bits per heavy atom. The lowest BCUT2D eigenvalue weighted by Gasteiger charge is -2.26. The van der Waals surface area contributed by atoms with Gasteiger partial charge in [-0.15, -0.1) is 10.2 Å². The van der Waals surface area contributed by atoms with Crippen LogP contribution in [-0.4, -0.2) is 30.4 Å². The first-order valence-corrected chi connectivity index (χ1v) is 34.1. The van der Waals surface area contributed by atoms with Crippen LogP contribution in [0, 0.1) is 10.2 Å². The maximum atomic E-state index is 14.0. The molecular weight excluding hydrogens is 1220 g/mol. The molecule has 12 rings (SSSR count). The number of carbonyl (C=O) groups is 2. The number of benzene rings is 8. The molecule has 1 fully saturated rings. The van der Waals surface area contributed by atoms with Crippen LogP contribution in [0.2, 0.25) is 10.0 Å². The summed E-state index contributed by atoms with van der Waals surface area (Å²) in [6.07, 6.45) is 14.8. The molecule has 0 radical (unpaired) electrons. The smallest absolute Gasteiger partial charge is 0.218 e. The van der Waals surface area contributed by atoms with Crippen molar-refractivity contribution in [2.45, 2.75) is 119 Å². The number of carbonyl (C=O) groups excluding carboxylic acids is 2. The molecule has 0 unspecified atom stereocenters. The maximum Gasteiger partial charge on any atom is 0.218 e. The monoisotopic (exact) mass is 1300 g/mol. The lowest BCUT2D eigenvalue weighted by Crippen LogP contribution is -2.68. The topological polar surface area (TPSA) is 160 Å². The van der Waals surface area contributed by atoms with Crippen LogP contribution in [0.1, 0.15) is 147 Å². The predicted octanol–water partition coefficient (Wildman–Crippen LogP) is 15.8. The Labute approximate surface area is 560 Å². The van der Waals surface area contributed by atoms with Crippen molar-refractivity contribution in [2.24, 2.45) is 0 Å². The normalized spacial score (nSPS) is 16.8. The summed E-state index contributed by atoms with van der Waals surface area (Å²) in [5, 5.41) is 8.74. The van der Waals surface area contributed by atoms with Gasteiger partial charge in [0.15, 0.2) is 11.6 Å². The molecule has 2 aliphatic carbocycles. The highest BCUT2D eigenvalue weighted by atomic mass is 35.7. The van der Waals surface area contributed by atoms with Gasteiger partial charge in [-0.2, -0.15) is 4.58 Å². The second-order valence-corrected chi connectivity index (χ2v) is 26.1. The number of halogens is 3. The van der Waals surface area contributed by atoms with E-state index in [1.807, 2.05) is 36.4 Å². The molecule has 8 aromatic carbocycles. The van der Waals surface area contributed by atoms with Gasteiger partial charge in [0.05, 0.1) is 22.5 Å². The number of hydrogen-bond donors (Lipinski definition) is 2. The van der Waals surface area contributed by atoms with E-state index < -0.39 is 10.2 Å². The summed E-state index contributed by atoms with van der Waals surface area (Å²) in [5.74, 6) is -0.263. The zero-order valence-corrected chi connectivity index (χ0v) is 56.8. The third kappa shape index (κ3) is 13.8. The largest absolute Gasteiger partial charge is 0.354 e. The van der Waals surface area contributed by atoms with E-state index in [0.29, 0.717) is 33.6 Å². The highest BCUT2D eigenvalue weighted by Gasteiger charge is 2.42. The minimum absolute atomic E-state index is 0.132. The van der Waals surface area contributed by atoms with Crippen LogP contribution < -0.4 is 43.6 Å². The second kappa shape index (κ2) is 28.5. The highest BCUT2D eigenvalue weighted by molar-refractivity contribution is 6.32. The van der Waals surface area contributed by atoms with Crippen molar-refractivity contribution >= 4 is 86.0 Å². The molecule has 93 heavy (non-hydrogen) atoms. The number of allylic oxidation sites excluding steroid dienone is 8. The average molecular weight is 1300 g/mol. The predicted molar refractivity (Wildman–Crippen MR) is 373 cm³/mol. The average Bonchev–Trinajstić information content (AvgIpc) is 1.75. The summed E-state index contributed by atoms with van der Waals surface area (Å²) in [6.45, 7) is 24.0. The Morgan fingerprint density at radius 1 is 0.473 bits per heavy atom. The van der Waals surface area contributed by atoms with Crippen LogP contribution in [0.15, 0.2) is 217 Å². The van der Waals surface area contributed by atoms with Crippen molar-refractivity contribution in [1.82, 2.24) is 4.58 Å². The number of nitrogens with one attached hydrogen (secondary N) is 2. The van der Waals surface area contributed by atoms with Crippen molar-refractivity contribution in [2.75, 3.05) is 33.5 Å². The van der Waals surface area contributed by atoms with E-state index in [1.54, 1.807) is 12.1 Å². The van der Waals surface area contributed by atoms with Gasteiger partial charge in [0.1, 0.15) is 0 Å². The third-order valence-corrected chi connectivity index (χ3v) is 18.8. The summed E-state index contributed by atoms with van der Waals surface area (Å²) < 4.78 is 36.4. The van der Waals surface area contributed by atoms with Crippen molar-refractivity contribution in [3.05, 3.63) is 282 Å². The number of nitrogens with zero attached hydrogens (tertiary/aromatic N) is 3. The van der Waals surface area contributed by atoms with Gasteiger partial charge < -0.3 is 20.4 Å². The standard InChI is InChI=1S/C45H46Cl2N3.C34H34N2O2.ClHO4/c1-7-48-39-25-23-33(46)29-37(39)44(3,4)41(48)27-21-31-19-20-32(43(31)50(35-15-11-9-12-16-35)36-17-13-10-14-18-36)22-28-42-45(5,6)38-30-34(47)24-26-40(38)49(42)8-2;1-5-21-13-11-14-22(6-2)31(21)35-27-19-20-28(36-32-23(7-3)15-12-16-24(32)8-4)30-29(27)33(37)25-17-9-10-18-26(25)34(30)38;2-1(3,4)5/h9-18,21-30H,7-8,19-20H2,1-6H3;9-20,35-36H,5-8H2,1-4H3;(H,2,3,4,5)/q+1;;/p-1. The molecule has 0 aromatic heterocycles. The van der Waals surface area contributed by atoms with Gasteiger partial charge in [-0.3, -0.25) is 9.59 Å². The van der Waals surface area contributed by atoms with Gasteiger partial charge in [0.25, 0.3) is 0 Å². The first-order valence-electron chi connectivity index (χ1n) is 32.1. The van der Waals surface area contributed by atoms with Crippen LogP contribution in [0.3, 0.4) is 0 Å². The van der Waals surface area contributed by atoms with Crippen molar-refractivity contribution in [3.63, 3.8) is 0 Å². The van der Waals surface area contributed by atoms with E-state index in [9.17, 15) is 9.59 Å². The number of para-hydroxylation sites is 4. The fourth-order valence-electron chi connectivity index (χ4n) is 13.7. The lowest BCUT2D eigenvalue weighted by atomic mass is 9.82. The SMILES string of the molecule is CCN1C(=CC=C2CC/C(=C\C=C3N(CC)c4ccc(Cl)cc4C3(C)C)C2=[N+](c2ccccc2)c2ccccc2)C(C)(C)c2cc(Cl)ccc21.CCc1cccc(CC)c1Nc1ccc(Nc2c(CC)cccc2CC)c2c1C(=O)c1ccccc1C2=O.[O-][Cl+3]([O-])([O-])[O-]. The Bertz CT molecular complexity index is 4000. The van der Waals surface area contributed by atoms with E-state index >= 15 is 0 Å². The van der Waals surface area contributed by atoms with E-state index in [4.69, 9.17) is 41.8 Å². The number of likely N-dealkylation sites (N-methyl/N-ethyl adjacent to an activating group) is 2. The van der Waals surface area contributed by atoms with Gasteiger partial charge in [0, 0.05) is 115 Å². The van der Waals surface area contributed by atoms with Crippen LogP contribution in [0.5, 0.6) is 0 Å². The van der Waals surface area contributed by atoms with E-state index in [-0.39, 0.29) is 22.4 Å². The molecule has 2 N–H and O–H groups in total. The van der Waals surface area contributed by atoms with Crippen LogP contribution in [-0.2, 0) is 36.5 Å². The quantitative estimate of drug-likeness (QED) is 0.100. The van der Waals surface area contributed by atoms with Crippen LogP contribution in [0.4, 0.5) is 45.5 Å². The fraction of sp³-hybridized carbons (Fsp3) is 0.253. The van der Waals surface area contributed by atoms with Gasteiger partial charge in [-0.1, -0.05) is 188 Å². The van der Waals surface area contributed by atoms with Crippen molar-refractivity contribution in [1.29, 1.82) is 0 Å². The first kappa shape index (κ1) is 67.5. The fourth-order valence-corrected chi connectivity index (χ4v) is 14.1. The molecule has 0 saturated heterocycles. The molecule has 0 spiro atoms. The number of ketones is 2. The molecule has 478 valence electrons. The van der Waals surface area contributed by atoms with Crippen LogP contribution >= 0.6 is 23.2 Å². The van der Waals surface area contributed by atoms with Gasteiger partial charge in [0.2, 0.25) is 17.1 Å². The Morgan fingerprint density at radius 2 is 0.817 bits per heavy atom. The van der Waals surface area contributed by atoms with E-state index in [1.165, 1.54) is 73.0 Å². The molecule has 0 amide bonds. The summed E-state index contributed by atoms with van der Waals surface area (Å²) >= 11 is 13.0. The number of fused-ring (bicyclic) bond motifs is 4. The van der Waals surface area contributed by atoms with Crippen molar-refractivity contribution in [3.8, 4) is 0 Å². The lowest BCUT2D eigenvalue weighted by molar-refractivity contribution is -2.00. The summed E-state index contributed by atoms with van der Waals surface area (Å²) in [5.41, 5.74) is 23.3. The molecule has 14 heteroatoms. The molecule has 2 heterocycles. The van der Waals surface area contributed by atoms with Crippen LogP contribution in [0.25, 0.3) is 0 Å². The molecular formula is C79H80Cl3N5O6. The molecule has 4 aliphatic rings. The van der Waals surface area contributed by atoms with Gasteiger partial charge in [-0.25, -0.2) is 18.6 Å². The minimum Gasteiger partial charge on any atom is -0.354 e. The zero-order chi connectivity index (χ0) is 66.5. The summed E-state index contributed by atoms with van der Waals surface area (Å²) in [4.78, 5) is 32.9. The van der Waals surface area contributed by atoms with E-state index in [0.717, 1.165) is 84.4 Å². The Hall–Kier alpha value is -8.36. The van der Waals surface area contributed by atoms with Gasteiger partial charge in [-0.05, 0) is 146 Å². The molecule has 1 saturated carbocycles. The molecule has 11 nitrogen and oxygen atoms in total. The van der Waals surface area contributed by atoms with E-state index in [2.05, 4.69) is 240 Å². The third-order valence-electron chi connectivity index (χ3n) is 18.3. The minimum atomic E-state index is -4.94. The Kier molecular flexibility index (Phi) is 20.7. The molecule has 2 aliphatic heterocycles. The molecule has 8 aromatic rings. The summed E-state index contributed by atoms with van der Waals surface area (Å²) in [7, 11) is -4.94.